The van der Waals surface area contributed by atoms with Gasteiger partial charge in [0.15, 0.2) is 0 Å². The van der Waals surface area contributed by atoms with Gasteiger partial charge in [-0.2, -0.15) is 0 Å². The van der Waals surface area contributed by atoms with E-state index < -0.39 is 12.0 Å². The highest BCUT2D eigenvalue weighted by molar-refractivity contribution is 5.37. The minimum Gasteiger partial charge on any atom is -0.462 e. The molecule has 3 N–H and O–H groups in total. The lowest BCUT2D eigenvalue weighted by atomic mass is 10.2. The predicted octanol–water partition coefficient (Wildman–Crippen LogP) is 0.510. The molecule has 1 aliphatic rings. The molecule has 1 saturated heterocycles. The Morgan fingerprint density at radius 3 is 2.13 bits per heavy atom. The van der Waals surface area contributed by atoms with Gasteiger partial charge >= 0.3 is 0 Å². The molecule has 90 valence electrons. The zero-order chi connectivity index (χ0) is 12.1. The van der Waals surface area contributed by atoms with Gasteiger partial charge in [0, 0.05) is 6.54 Å². The second-order valence-electron chi connectivity index (χ2n) is 4.32. The van der Waals surface area contributed by atoms with Crippen molar-refractivity contribution in [3.63, 3.8) is 0 Å². The molecule has 0 aromatic rings. The summed E-state index contributed by atoms with van der Waals surface area (Å²) in [6.45, 7) is 5.88. The molecular weight excluding hydrogens is 206 g/mol. The van der Waals surface area contributed by atoms with E-state index in [9.17, 15) is 13.6 Å². The van der Waals surface area contributed by atoms with Crippen molar-refractivity contribution >= 4 is 6.47 Å². The lowest BCUT2D eigenvalue weighted by Crippen LogP contribution is -2.38. The number of alkyl halides is 2. The summed E-state index contributed by atoms with van der Waals surface area (Å²) < 4.78 is 28.8. The fraction of sp³-hybridized carbons (Fsp3) is 0.889. The van der Waals surface area contributed by atoms with Gasteiger partial charge < -0.3 is 15.8 Å². The third-order valence-corrected chi connectivity index (χ3v) is 1.67. The number of carbonyl (C=O) groups excluding carboxylic acids is 1. The highest BCUT2D eigenvalue weighted by Gasteiger charge is 2.41. The average Bonchev–Trinajstić information content (AvgIpc) is 2.29. The number of carbonyl (C=O) groups is 1. The van der Waals surface area contributed by atoms with Crippen molar-refractivity contribution in [2.45, 2.75) is 38.3 Å². The molecule has 4 nitrogen and oxygen atoms in total. The van der Waals surface area contributed by atoms with Crippen LogP contribution in [-0.4, -0.2) is 37.1 Å². The molecule has 0 bridgehead atoms. The van der Waals surface area contributed by atoms with Gasteiger partial charge in [0.25, 0.3) is 12.4 Å². The minimum absolute atomic E-state index is 0.229. The number of hydrogen-bond acceptors (Lipinski definition) is 4. The van der Waals surface area contributed by atoms with Crippen molar-refractivity contribution in [2.75, 3.05) is 13.1 Å². The first-order valence-electron chi connectivity index (χ1n) is 4.64. The molecule has 0 aromatic heterocycles. The summed E-state index contributed by atoms with van der Waals surface area (Å²) in [6, 6.07) is -0.984. The first-order valence-corrected chi connectivity index (χ1v) is 4.64. The smallest absolute Gasteiger partial charge is 0.293 e. The molecule has 1 aliphatic heterocycles. The molecule has 0 saturated carbocycles. The van der Waals surface area contributed by atoms with E-state index in [1.54, 1.807) is 0 Å². The summed E-state index contributed by atoms with van der Waals surface area (Å²) in [6.07, 6.45) is 0. The van der Waals surface area contributed by atoms with Gasteiger partial charge in [-0.3, -0.25) is 4.79 Å². The van der Waals surface area contributed by atoms with Crippen LogP contribution in [0.15, 0.2) is 0 Å². The van der Waals surface area contributed by atoms with E-state index in [0.29, 0.717) is 6.47 Å². The zero-order valence-electron chi connectivity index (χ0n) is 9.22. The van der Waals surface area contributed by atoms with Gasteiger partial charge in [0.2, 0.25) is 0 Å². The average molecular weight is 224 g/mol. The largest absolute Gasteiger partial charge is 0.462 e. The van der Waals surface area contributed by atoms with Gasteiger partial charge in [-0.05, 0) is 20.8 Å². The molecule has 1 unspecified atom stereocenters. The number of hydrogen-bond donors (Lipinski definition) is 2. The Hall–Kier alpha value is -0.750. The maximum Gasteiger partial charge on any atom is 0.293 e. The molecule has 0 aliphatic carbocycles. The molecule has 0 aromatic carbocycles. The molecule has 1 heterocycles. The molecule has 6 heteroatoms. The Morgan fingerprint density at radius 1 is 1.53 bits per heavy atom. The van der Waals surface area contributed by atoms with Crippen LogP contribution < -0.4 is 11.1 Å². The van der Waals surface area contributed by atoms with Gasteiger partial charge in [0.05, 0.1) is 12.6 Å². The summed E-state index contributed by atoms with van der Waals surface area (Å²) in [5, 5.41) is 2.49. The highest BCUT2D eigenvalue weighted by Crippen LogP contribution is 2.19. The second kappa shape index (κ2) is 5.37. The quantitative estimate of drug-likeness (QED) is 0.637. The van der Waals surface area contributed by atoms with E-state index in [0.717, 1.165) is 0 Å². The molecule has 15 heavy (non-hydrogen) atoms. The van der Waals surface area contributed by atoms with Crippen molar-refractivity contribution < 1.29 is 18.3 Å². The predicted molar refractivity (Wildman–Crippen MR) is 52.7 cm³/mol. The van der Waals surface area contributed by atoms with Crippen molar-refractivity contribution in [3.8, 4) is 0 Å². The Balaban J connectivity index is 0.000000265. The van der Waals surface area contributed by atoms with Gasteiger partial charge in [-0.25, -0.2) is 8.78 Å². The van der Waals surface area contributed by atoms with Crippen LogP contribution in [0.25, 0.3) is 0 Å². The molecule has 1 atom stereocenters. The van der Waals surface area contributed by atoms with Gasteiger partial charge in [-0.1, -0.05) is 0 Å². The molecule has 0 spiro atoms. The number of nitrogens with one attached hydrogen (secondary N) is 1. The molecule has 1 fully saturated rings. The lowest BCUT2D eigenvalue weighted by Gasteiger charge is -2.14. The van der Waals surface area contributed by atoms with E-state index >= 15 is 0 Å². The fourth-order valence-corrected chi connectivity index (χ4v) is 0.819. The Bertz CT molecular complexity index is 205. The van der Waals surface area contributed by atoms with E-state index in [4.69, 9.17) is 5.73 Å². The zero-order valence-corrected chi connectivity index (χ0v) is 9.22. The van der Waals surface area contributed by atoms with Gasteiger partial charge in [0.1, 0.15) is 5.60 Å². The third-order valence-electron chi connectivity index (χ3n) is 1.67. The normalized spacial score (nSPS) is 24.0. The molecular formula is C9H18F2N2O2. The first-order chi connectivity index (χ1) is 6.69. The van der Waals surface area contributed by atoms with Crippen molar-refractivity contribution in [1.82, 2.24) is 5.32 Å². The van der Waals surface area contributed by atoms with Crippen molar-refractivity contribution in [3.05, 3.63) is 0 Å². The summed E-state index contributed by atoms with van der Waals surface area (Å²) in [4.78, 5) is 9.60. The van der Waals surface area contributed by atoms with Crippen LogP contribution >= 0.6 is 0 Å². The second-order valence-corrected chi connectivity index (χ2v) is 4.32. The Morgan fingerprint density at radius 2 is 2.07 bits per heavy atom. The van der Waals surface area contributed by atoms with Crippen LogP contribution in [0.1, 0.15) is 20.8 Å². The number of nitrogens with two attached hydrogens (primary N) is 1. The van der Waals surface area contributed by atoms with Crippen LogP contribution in [0.5, 0.6) is 0 Å². The molecule has 1 rings (SSSR count). The highest BCUT2D eigenvalue weighted by atomic mass is 19.3. The first kappa shape index (κ1) is 14.2. The van der Waals surface area contributed by atoms with Crippen molar-refractivity contribution in [1.29, 1.82) is 0 Å². The SMILES string of the molecule is CC(C)(C)OC=O.NC1CNCC1(F)F. The van der Waals surface area contributed by atoms with Crippen LogP contribution in [-0.2, 0) is 9.53 Å². The Labute approximate surface area is 88.2 Å². The number of halogens is 2. The minimum atomic E-state index is -2.68. The number of rotatable bonds is 1. The summed E-state index contributed by atoms with van der Waals surface area (Å²) >= 11 is 0. The standard InChI is InChI=1S/C5H10O2.C4H8F2N2/c1-5(2,3)7-4-6;5-4(6)2-8-1-3(4)7/h4H,1-3H3;3,8H,1-2,7H2. The topological polar surface area (TPSA) is 64.3 Å². The van der Waals surface area contributed by atoms with E-state index in [1.165, 1.54) is 0 Å². The maximum absolute atomic E-state index is 12.2. The summed E-state index contributed by atoms with van der Waals surface area (Å²) in [5.74, 6) is -2.68. The fourth-order valence-electron chi connectivity index (χ4n) is 0.819. The van der Waals surface area contributed by atoms with E-state index in [1.807, 2.05) is 20.8 Å². The van der Waals surface area contributed by atoms with Crippen molar-refractivity contribution in [2.24, 2.45) is 5.73 Å². The maximum atomic E-state index is 12.2. The summed E-state index contributed by atoms with van der Waals surface area (Å²) in [7, 11) is 0. The van der Waals surface area contributed by atoms with E-state index in [-0.39, 0.29) is 18.7 Å². The monoisotopic (exact) mass is 224 g/mol. The Kier molecular flexibility index (Phi) is 5.10. The van der Waals surface area contributed by atoms with Gasteiger partial charge in [-0.15, -0.1) is 0 Å². The third kappa shape index (κ3) is 6.35. The van der Waals surface area contributed by atoms with Crippen LogP contribution in [0, 0.1) is 0 Å². The van der Waals surface area contributed by atoms with Crippen LogP contribution in [0.2, 0.25) is 0 Å². The lowest BCUT2D eigenvalue weighted by molar-refractivity contribution is -0.138. The number of ether oxygens (including phenoxy) is 1. The van der Waals surface area contributed by atoms with Crippen LogP contribution in [0.4, 0.5) is 8.78 Å². The van der Waals surface area contributed by atoms with E-state index in [2.05, 4.69) is 10.1 Å². The molecule has 0 radical (unpaired) electrons. The molecule has 0 amide bonds. The summed E-state index contributed by atoms with van der Waals surface area (Å²) in [5.41, 5.74) is 4.68. The van der Waals surface area contributed by atoms with Crippen LogP contribution in [0.3, 0.4) is 0 Å².